The first-order valence-corrected chi connectivity index (χ1v) is 5.97. The molecule has 0 heterocycles. The van der Waals surface area contributed by atoms with Gasteiger partial charge in [-0.25, -0.2) is 4.79 Å². The Labute approximate surface area is 126 Å². The molecule has 1 rings (SSSR count). The van der Waals surface area contributed by atoms with Crippen LogP contribution in [0.25, 0.3) is 0 Å². The first-order chi connectivity index (χ1) is 8.78. The average molecular weight is 300 g/mol. The third-order valence-corrected chi connectivity index (χ3v) is 2.39. The molecule has 4 nitrogen and oxygen atoms in total. The number of rotatable bonds is 5. The van der Waals surface area contributed by atoms with E-state index in [2.05, 4.69) is 32.8 Å². The van der Waals surface area contributed by atoms with Crippen LogP contribution in [-0.2, 0) is 16.1 Å². The minimum absolute atomic E-state index is 0. The van der Waals surface area contributed by atoms with Gasteiger partial charge in [0.05, 0.1) is 14.1 Å². The van der Waals surface area contributed by atoms with Gasteiger partial charge in [-0.05, 0) is 6.92 Å². The second-order valence-electron chi connectivity index (χ2n) is 5.01. The number of carboxylic acids is 1. The molecule has 1 aromatic carbocycles. The van der Waals surface area contributed by atoms with Crippen molar-refractivity contribution in [3.05, 3.63) is 48.0 Å². The zero-order chi connectivity index (χ0) is 14.9. The van der Waals surface area contributed by atoms with E-state index in [-0.39, 0.29) is 18.0 Å². The highest BCUT2D eigenvalue weighted by Crippen LogP contribution is 2.07. The molecule has 0 atom stereocenters. The largest absolute Gasteiger partial charge is 1.00 e. The quantitative estimate of drug-likeness (QED) is 0.436. The molecule has 0 aliphatic rings. The van der Waals surface area contributed by atoms with Gasteiger partial charge in [-0.1, -0.05) is 36.9 Å². The highest BCUT2D eigenvalue weighted by molar-refractivity contribution is 5.84. The minimum atomic E-state index is -0.935. The van der Waals surface area contributed by atoms with Crippen molar-refractivity contribution in [3.8, 4) is 0 Å². The van der Waals surface area contributed by atoms with Crippen molar-refractivity contribution in [2.45, 2.75) is 13.5 Å². The van der Waals surface area contributed by atoms with Crippen LogP contribution in [0.2, 0.25) is 0 Å². The standard InChI is InChI=1S/C11H16NO.C4H6O2.ClH/c1-12(2,8-9-13)10-11-6-4-3-5-7-11;1-3(2)4(5)6;/h3-7,9H,8,10H2,1-2H3;1H2,2H3,(H,5,6);1H/q+1;;/p-1. The molecule has 0 fully saturated rings. The highest BCUT2D eigenvalue weighted by atomic mass is 35.5. The number of nitrogens with zero attached hydrogens (tertiary/aromatic N) is 1. The molecule has 0 aromatic heterocycles. The smallest absolute Gasteiger partial charge is 0.330 e. The maximum absolute atomic E-state index is 10.4. The Morgan fingerprint density at radius 2 is 1.75 bits per heavy atom. The molecule has 0 saturated heterocycles. The lowest BCUT2D eigenvalue weighted by Gasteiger charge is -2.27. The average Bonchev–Trinajstić information content (AvgIpc) is 2.30. The maximum atomic E-state index is 10.4. The van der Waals surface area contributed by atoms with Crippen molar-refractivity contribution in [3.63, 3.8) is 0 Å². The van der Waals surface area contributed by atoms with Gasteiger partial charge in [-0.3, -0.25) is 4.79 Å². The van der Waals surface area contributed by atoms with Crippen LogP contribution in [0.3, 0.4) is 0 Å². The molecule has 1 aromatic rings. The van der Waals surface area contributed by atoms with E-state index in [1.54, 1.807) is 0 Å². The van der Waals surface area contributed by atoms with E-state index >= 15 is 0 Å². The minimum Gasteiger partial charge on any atom is -1.00 e. The number of carbonyl (C=O) groups is 2. The predicted molar refractivity (Wildman–Crippen MR) is 75.6 cm³/mol. The number of likely N-dealkylation sites (N-methyl/N-ethyl adjacent to an activating group) is 1. The van der Waals surface area contributed by atoms with E-state index in [0.29, 0.717) is 11.0 Å². The number of halogens is 1. The van der Waals surface area contributed by atoms with Gasteiger partial charge in [0, 0.05) is 11.1 Å². The predicted octanol–water partition coefficient (Wildman–Crippen LogP) is -0.887. The maximum Gasteiger partial charge on any atom is 0.330 e. The number of quaternary nitrogens is 1. The second-order valence-corrected chi connectivity index (χ2v) is 5.01. The van der Waals surface area contributed by atoms with E-state index < -0.39 is 5.97 Å². The number of benzene rings is 1. The molecular weight excluding hydrogens is 278 g/mol. The molecule has 20 heavy (non-hydrogen) atoms. The summed E-state index contributed by atoms with van der Waals surface area (Å²) in [7, 11) is 4.11. The fraction of sp³-hybridized carbons (Fsp3) is 0.333. The van der Waals surface area contributed by atoms with Crippen LogP contribution in [-0.4, -0.2) is 42.5 Å². The van der Waals surface area contributed by atoms with Crippen LogP contribution in [0.4, 0.5) is 0 Å². The van der Waals surface area contributed by atoms with Crippen molar-refractivity contribution in [2.24, 2.45) is 0 Å². The Morgan fingerprint density at radius 1 is 1.30 bits per heavy atom. The Hall–Kier alpha value is -1.65. The van der Waals surface area contributed by atoms with Gasteiger partial charge < -0.3 is 22.0 Å². The van der Waals surface area contributed by atoms with E-state index in [0.717, 1.165) is 12.8 Å². The molecule has 1 N–H and O–H groups in total. The van der Waals surface area contributed by atoms with E-state index in [1.807, 2.05) is 18.2 Å². The van der Waals surface area contributed by atoms with Gasteiger partial charge in [0.1, 0.15) is 13.1 Å². The van der Waals surface area contributed by atoms with Crippen LogP contribution < -0.4 is 12.4 Å². The summed E-state index contributed by atoms with van der Waals surface area (Å²) < 4.78 is 0.716. The van der Waals surface area contributed by atoms with Crippen molar-refractivity contribution in [2.75, 3.05) is 20.6 Å². The monoisotopic (exact) mass is 299 g/mol. The SMILES string of the molecule is C=C(C)C(=O)O.C[N+](C)(CC=O)Cc1ccccc1.[Cl-]. The van der Waals surface area contributed by atoms with Crippen molar-refractivity contribution >= 4 is 12.3 Å². The fourth-order valence-electron chi connectivity index (χ4n) is 1.34. The topological polar surface area (TPSA) is 54.4 Å². The highest BCUT2D eigenvalue weighted by Gasteiger charge is 2.13. The first kappa shape index (κ1) is 20.7. The van der Waals surface area contributed by atoms with Crippen LogP contribution in [0.15, 0.2) is 42.5 Å². The van der Waals surface area contributed by atoms with Crippen LogP contribution in [0.5, 0.6) is 0 Å². The molecule has 112 valence electrons. The lowest BCUT2D eigenvalue weighted by molar-refractivity contribution is -0.895. The van der Waals surface area contributed by atoms with Gasteiger partial charge >= 0.3 is 5.97 Å². The first-order valence-electron chi connectivity index (χ1n) is 5.97. The molecule has 0 aliphatic carbocycles. The Balaban J connectivity index is 0. The zero-order valence-electron chi connectivity index (χ0n) is 12.2. The number of hydrogen-bond donors (Lipinski definition) is 1. The summed E-state index contributed by atoms with van der Waals surface area (Å²) in [5.74, 6) is -0.935. The van der Waals surface area contributed by atoms with Gasteiger partial charge in [0.25, 0.3) is 0 Å². The normalized spacial score (nSPS) is 9.55. The van der Waals surface area contributed by atoms with Crippen molar-refractivity contribution < 1.29 is 31.6 Å². The number of aliphatic carboxylic acids is 1. The lowest BCUT2D eigenvalue weighted by atomic mass is 10.2. The van der Waals surface area contributed by atoms with E-state index in [9.17, 15) is 9.59 Å². The summed E-state index contributed by atoms with van der Waals surface area (Å²) in [6, 6.07) is 10.2. The van der Waals surface area contributed by atoms with Gasteiger partial charge in [-0.15, -0.1) is 0 Å². The molecule has 0 amide bonds. The molecule has 0 unspecified atom stereocenters. The van der Waals surface area contributed by atoms with Crippen LogP contribution in [0.1, 0.15) is 12.5 Å². The van der Waals surface area contributed by atoms with E-state index in [4.69, 9.17) is 5.11 Å². The third kappa shape index (κ3) is 10.3. The van der Waals surface area contributed by atoms with Gasteiger partial charge in [-0.2, -0.15) is 0 Å². The molecule has 0 spiro atoms. The molecular formula is C15H22ClNO3. The number of carboxylic acid groups (broad SMARTS) is 1. The van der Waals surface area contributed by atoms with Gasteiger partial charge in [0.2, 0.25) is 0 Å². The summed E-state index contributed by atoms with van der Waals surface area (Å²) in [4.78, 5) is 20.0. The summed E-state index contributed by atoms with van der Waals surface area (Å²) in [6.45, 7) is 6.07. The number of aldehydes is 1. The summed E-state index contributed by atoms with van der Waals surface area (Å²) in [5.41, 5.74) is 1.45. The zero-order valence-corrected chi connectivity index (χ0v) is 12.9. The number of hydrogen-bond acceptors (Lipinski definition) is 2. The third-order valence-electron chi connectivity index (χ3n) is 2.39. The molecule has 0 saturated carbocycles. The van der Waals surface area contributed by atoms with Crippen LogP contribution >= 0.6 is 0 Å². The Morgan fingerprint density at radius 3 is 2.10 bits per heavy atom. The van der Waals surface area contributed by atoms with Crippen molar-refractivity contribution in [1.29, 1.82) is 0 Å². The summed E-state index contributed by atoms with van der Waals surface area (Å²) in [5, 5.41) is 7.89. The van der Waals surface area contributed by atoms with Gasteiger partial charge in [0.15, 0.2) is 6.29 Å². The van der Waals surface area contributed by atoms with Crippen LogP contribution in [0, 0.1) is 0 Å². The number of carbonyl (C=O) groups excluding carboxylic acids is 1. The molecule has 0 bridgehead atoms. The Kier molecular flexibility index (Phi) is 10.5. The molecule has 0 radical (unpaired) electrons. The summed E-state index contributed by atoms with van der Waals surface area (Å²) >= 11 is 0. The fourth-order valence-corrected chi connectivity index (χ4v) is 1.34. The van der Waals surface area contributed by atoms with Crippen molar-refractivity contribution in [1.82, 2.24) is 0 Å². The summed E-state index contributed by atoms with van der Waals surface area (Å²) in [6.07, 6.45) is 0.975. The van der Waals surface area contributed by atoms with E-state index in [1.165, 1.54) is 12.5 Å². The molecule has 0 aliphatic heterocycles. The Bertz CT molecular complexity index is 418. The molecule has 5 heteroatoms. The lowest BCUT2D eigenvalue weighted by Crippen LogP contribution is -3.00. The second kappa shape index (κ2) is 10.2.